The summed E-state index contributed by atoms with van der Waals surface area (Å²) in [5, 5.41) is 14.4. The maximum atomic E-state index is 10.0. The normalized spacial score (nSPS) is 23.3. The van der Waals surface area contributed by atoms with Gasteiger partial charge in [0, 0.05) is 10.8 Å². The Hall–Kier alpha value is -3.08. The van der Waals surface area contributed by atoms with Crippen molar-refractivity contribution >= 4 is 21.5 Å². The van der Waals surface area contributed by atoms with Crippen LogP contribution in [0.2, 0.25) is 0 Å². The molecule has 1 N–H and O–H groups in total. The van der Waals surface area contributed by atoms with Crippen LogP contribution in [0.15, 0.2) is 84.9 Å². The molecule has 1 heterocycles. The van der Waals surface area contributed by atoms with Crippen LogP contribution >= 0.6 is 0 Å². The third-order valence-electron chi connectivity index (χ3n) is 6.01. The van der Waals surface area contributed by atoms with Crippen molar-refractivity contribution in [3.8, 4) is 11.5 Å². The number of ether oxygens (including phenoxy) is 3. The zero-order valence-corrected chi connectivity index (χ0v) is 17.5. The molecule has 0 saturated carbocycles. The Labute approximate surface area is 182 Å². The minimum absolute atomic E-state index is 0.124. The standard InChI is InChI=1S/C27H26O4/c1-2-22-26(30-23-15-7-11-18-9-3-5-13-20(18)23)27(25(17-28)29-22)31-24-16-8-12-19-10-4-6-14-21(19)24/h3-16,22,25-28H,2,17H2,1H3. The van der Waals surface area contributed by atoms with E-state index in [4.69, 9.17) is 14.2 Å². The van der Waals surface area contributed by atoms with Gasteiger partial charge < -0.3 is 19.3 Å². The molecule has 4 aromatic rings. The van der Waals surface area contributed by atoms with Gasteiger partial charge in [0.2, 0.25) is 0 Å². The summed E-state index contributed by atoms with van der Waals surface area (Å²) < 4.78 is 19.2. The van der Waals surface area contributed by atoms with E-state index in [0.717, 1.165) is 39.5 Å². The summed E-state index contributed by atoms with van der Waals surface area (Å²) in [4.78, 5) is 0. The molecule has 0 amide bonds. The van der Waals surface area contributed by atoms with Crippen molar-refractivity contribution in [1.29, 1.82) is 0 Å². The Balaban J connectivity index is 1.52. The van der Waals surface area contributed by atoms with Crippen molar-refractivity contribution in [3.05, 3.63) is 84.9 Å². The molecular formula is C27H26O4. The van der Waals surface area contributed by atoms with Crippen LogP contribution in [-0.4, -0.2) is 36.1 Å². The molecule has 4 aromatic carbocycles. The van der Waals surface area contributed by atoms with Crippen LogP contribution in [0.3, 0.4) is 0 Å². The van der Waals surface area contributed by atoms with Gasteiger partial charge in [-0.3, -0.25) is 0 Å². The lowest BCUT2D eigenvalue weighted by Gasteiger charge is -2.26. The second-order valence-electron chi connectivity index (χ2n) is 7.92. The molecule has 4 nitrogen and oxygen atoms in total. The van der Waals surface area contributed by atoms with E-state index >= 15 is 0 Å². The lowest BCUT2D eigenvalue weighted by molar-refractivity contribution is -0.0177. The maximum absolute atomic E-state index is 10.0. The van der Waals surface area contributed by atoms with Crippen LogP contribution < -0.4 is 9.47 Å². The monoisotopic (exact) mass is 414 g/mol. The molecule has 31 heavy (non-hydrogen) atoms. The van der Waals surface area contributed by atoms with E-state index in [-0.39, 0.29) is 18.8 Å². The van der Waals surface area contributed by atoms with Crippen molar-refractivity contribution in [3.63, 3.8) is 0 Å². The maximum Gasteiger partial charge on any atom is 0.166 e. The van der Waals surface area contributed by atoms with Crippen LogP contribution in [0.5, 0.6) is 11.5 Å². The highest BCUT2D eigenvalue weighted by molar-refractivity contribution is 5.89. The Kier molecular flexibility index (Phi) is 5.49. The zero-order valence-electron chi connectivity index (χ0n) is 17.5. The van der Waals surface area contributed by atoms with Crippen LogP contribution in [0.25, 0.3) is 21.5 Å². The predicted molar refractivity (Wildman–Crippen MR) is 123 cm³/mol. The van der Waals surface area contributed by atoms with E-state index in [1.54, 1.807) is 0 Å². The minimum atomic E-state index is -0.455. The third kappa shape index (κ3) is 3.73. The Morgan fingerprint density at radius 3 is 1.68 bits per heavy atom. The number of aliphatic hydroxyl groups excluding tert-OH is 1. The lowest BCUT2D eigenvalue weighted by atomic mass is 10.0. The number of fused-ring (bicyclic) bond motifs is 2. The molecule has 1 saturated heterocycles. The molecule has 0 aromatic heterocycles. The quantitative estimate of drug-likeness (QED) is 0.462. The largest absolute Gasteiger partial charge is 0.483 e. The molecule has 4 heteroatoms. The fraction of sp³-hybridized carbons (Fsp3) is 0.259. The SMILES string of the molecule is CCC1OC(CO)C(Oc2cccc3ccccc23)C1Oc1cccc2ccccc12. The second-order valence-corrected chi connectivity index (χ2v) is 7.92. The third-order valence-corrected chi connectivity index (χ3v) is 6.01. The molecule has 0 spiro atoms. The average molecular weight is 415 g/mol. The average Bonchev–Trinajstić information content (AvgIpc) is 3.16. The van der Waals surface area contributed by atoms with Gasteiger partial charge in [0.1, 0.15) is 17.6 Å². The first-order chi connectivity index (χ1) is 15.3. The fourth-order valence-electron chi connectivity index (χ4n) is 4.45. The summed E-state index contributed by atoms with van der Waals surface area (Å²) in [6.07, 6.45) is -0.631. The van der Waals surface area contributed by atoms with Crippen LogP contribution in [0.1, 0.15) is 13.3 Å². The molecule has 5 rings (SSSR count). The Morgan fingerprint density at radius 2 is 1.16 bits per heavy atom. The molecule has 1 aliphatic heterocycles. The molecular weight excluding hydrogens is 388 g/mol. The van der Waals surface area contributed by atoms with E-state index in [0.29, 0.717) is 0 Å². The van der Waals surface area contributed by atoms with Gasteiger partial charge in [-0.25, -0.2) is 0 Å². The molecule has 4 atom stereocenters. The van der Waals surface area contributed by atoms with Crippen molar-refractivity contribution in [2.45, 2.75) is 37.8 Å². The van der Waals surface area contributed by atoms with E-state index in [1.807, 2.05) is 54.6 Å². The molecule has 1 fully saturated rings. The highest BCUT2D eigenvalue weighted by atomic mass is 16.6. The lowest BCUT2D eigenvalue weighted by Crippen LogP contribution is -2.42. The fourth-order valence-corrected chi connectivity index (χ4v) is 4.45. The minimum Gasteiger partial charge on any atom is -0.483 e. The molecule has 4 unspecified atom stereocenters. The first-order valence-electron chi connectivity index (χ1n) is 10.8. The van der Waals surface area contributed by atoms with Crippen LogP contribution in [0, 0.1) is 0 Å². The van der Waals surface area contributed by atoms with Gasteiger partial charge in [0.25, 0.3) is 0 Å². The van der Waals surface area contributed by atoms with Crippen LogP contribution in [0.4, 0.5) is 0 Å². The van der Waals surface area contributed by atoms with E-state index in [1.165, 1.54) is 0 Å². The summed E-state index contributed by atoms with van der Waals surface area (Å²) in [5.41, 5.74) is 0. The summed E-state index contributed by atoms with van der Waals surface area (Å²) in [7, 11) is 0. The van der Waals surface area contributed by atoms with Crippen LogP contribution in [-0.2, 0) is 4.74 Å². The second kappa shape index (κ2) is 8.58. The molecule has 0 bridgehead atoms. The predicted octanol–water partition coefficient (Wildman–Crippen LogP) is 5.36. The molecule has 0 radical (unpaired) electrons. The number of hydrogen-bond donors (Lipinski definition) is 1. The summed E-state index contributed by atoms with van der Waals surface area (Å²) in [6, 6.07) is 28.4. The summed E-state index contributed by atoms with van der Waals surface area (Å²) >= 11 is 0. The number of rotatable bonds is 6. The van der Waals surface area contributed by atoms with Gasteiger partial charge in [0.15, 0.2) is 12.2 Å². The van der Waals surface area contributed by atoms with Gasteiger partial charge in [-0.2, -0.15) is 0 Å². The van der Waals surface area contributed by atoms with Gasteiger partial charge in [-0.05, 0) is 29.3 Å². The summed E-state index contributed by atoms with van der Waals surface area (Å²) in [6.45, 7) is 1.94. The highest BCUT2D eigenvalue weighted by Crippen LogP contribution is 2.35. The first-order valence-corrected chi connectivity index (χ1v) is 10.8. The molecule has 158 valence electrons. The zero-order chi connectivity index (χ0) is 21.2. The molecule has 1 aliphatic rings. The van der Waals surface area contributed by atoms with Crippen molar-refractivity contribution in [2.75, 3.05) is 6.61 Å². The highest BCUT2D eigenvalue weighted by Gasteiger charge is 2.47. The van der Waals surface area contributed by atoms with Crippen molar-refractivity contribution in [2.24, 2.45) is 0 Å². The number of benzene rings is 4. The number of aliphatic hydroxyl groups is 1. The van der Waals surface area contributed by atoms with E-state index < -0.39 is 12.2 Å². The Bertz CT molecular complexity index is 1080. The van der Waals surface area contributed by atoms with Crippen molar-refractivity contribution in [1.82, 2.24) is 0 Å². The van der Waals surface area contributed by atoms with E-state index in [2.05, 4.69) is 37.3 Å². The first kappa shape index (κ1) is 19.9. The van der Waals surface area contributed by atoms with Gasteiger partial charge in [-0.15, -0.1) is 0 Å². The smallest absolute Gasteiger partial charge is 0.166 e. The van der Waals surface area contributed by atoms with E-state index in [9.17, 15) is 5.11 Å². The molecule has 0 aliphatic carbocycles. The summed E-state index contributed by atoms with van der Waals surface area (Å²) in [5.74, 6) is 1.57. The number of hydrogen-bond acceptors (Lipinski definition) is 4. The Morgan fingerprint density at radius 1 is 0.677 bits per heavy atom. The van der Waals surface area contributed by atoms with Gasteiger partial charge in [-0.1, -0.05) is 79.7 Å². The van der Waals surface area contributed by atoms with Crippen molar-refractivity contribution < 1.29 is 19.3 Å². The topological polar surface area (TPSA) is 47.9 Å². The van der Waals surface area contributed by atoms with Gasteiger partial charge in [0.05, 0.1) is 12.7 Å². The van der Waals surface area contributed by atoms with Gasteiger partial charge >= 0.3 is 0 Å².